The Labute approximate surface area is 177 Å². The molecule has 4 rings (SSSR count). The van der Waals surface area contributed by atoms with Gasteiger partial charge in [0.05, 0.1) is 29.3 Å². The SMILES string of the molecule is CN(C)CCNC(=O)c1ccc2[nH]c(CN(C)C3CCCc4cccnc43)nc2c1. The fourth-order valence-corrected chi connectivity index (χ4v) is 4.13. The molecule has 2 heterocycles. The van der Waals surface area contributed by atoms with E-state index in [1.807, 2.05) is 49.5 Å². The molecule has 0 aliphatic heterocycles. The number of likely N-dealkylation sites (N-methyl/N-ethyl adjacent to an activating group) is 1. The molecule has 0 fully saturated rings. The average Bonchev–Trinajstić information content (AvgIpc) is 3.14. The van der Waals surface area contributed by atoms with Crippen molar-refractivity contribution < 1.29 is 4.79 Å². The summed E-state index contributed by atoms with van der Waals surface area (Å²) in [6.45, 7) is 2.14. The van der Waals surface area contributed by atoms with Gasteiger partial charge in [0.2, 0.25) is 0 Å². The van der Waals surface area contributed by atoms with Crippen molar-refractivity contribution in [3.8, 4) is 0 Å². The standard InChI is InChI=1S/C23H30N6O/c1-28(2)13-12-25-23(30)17-9-10-18-19(14-17)27-21(26-18)15-29(3)20-8-4-6-16-7-5-11-24-22(16)20/h5,7,9-11,14,20H,4,6,8,12-13,15H2,1-3H3,(H,25,30)(H,26,27). The van der Waals surface area contributed by atoms with Crippen molar-refractivity contribution in [2.75, 3.05) is 34.2 Å². The van der Waals surface area contributed by atoms with Crippen molar-refractivity contribution in [1.82, 2.24) is 30.1 Å². The number of nitrogens with zero attached hydrogens (tertiary/aromatic N) is 4. The van der Waals surface area contributed by atoms with Gasteiger partial charge < -0.3 is 15.2 Å². The minimum Gasteiger partial charge on any atom is -0.351 e. The molecule has 7 heteroatoms. The van der Waals surface area contributed by atoms with Crippen LogP contribution in [0.25, 0.3) is 11.0 Å². The molecule has 0 saturated heterocycles. The number of carbonyl (C=O) groups is 1. The minimum atomic E-state index is -0.0645. The van der Waals surface area contributed by atoms with Crippen molar-refractivity contribution in [2.45, 2.75) is 31.8 Å². The topological polar surface area (TPSA) is 77.2 Å². The van der Waals surface area contributed by atoms with Crippen molar-refractivity contribution in [1.29, 1.82) is 0 Å². The molecular weight excluding hydrogens is 376 g/mol. The molecule has 0 radical (unpaired) electrons. The first-order chi connectivity index (χ1) is 14.5. The van der Waals surface area contributed by atoms with Gasteiger partial charge in [0.25, 0.3) is 5.91 Å². The van der Waals surface area contributed by atoms with E-state index in [1.54, 1.807) is 0 Å². The number of aromatic amines is 1. The molecule has 1 aliphatic carbocycles. The normalized spacial score (nSPS) is 16.2. The molecule has 1 aliphatic rings. The Morgan fingerprint density at radius 1 is 1.27 bits per heavy atom. The Balaban J connectivity index is 1.46. The molecule has 1 amide bonds. The Kier molecular flexibility index (Phi) is 6.11. The van der Waals surface area contributed by atoms with E-state index in [0.717, 1.165) is 36.2 Å². The lowest BCUT2D eigenvalue weighted by molar-refractivity contribution is 0.0951. The molecule has 2 N–H and O–H groups in total. The molecule has 0 bridgehead atoms. The lowest BCUT2D eigenvalue weighted by atomic mass is 9.91. The number of pyridine rings is 1. The highest BCUT2D eigenvalue weighted by molar-refractivity contribution is 5.97. The number of aryl methyl sites for hydroxylation is 1. The number of imidazole rings is 1. The molecule has 0 saturated carbocycles. The number of rotatable bonds is 7. The van der Waals surface area contributed by atoms with Crippen LogP contribution in [0.5, 0.6) is 0 Å². The number of benzene rings is 1. The zero-order chi connectivity index (χ0) is 21.1. The predicted octanol–water partition coefficient (Wildman–Crippen LogP) is 2.76. The van der Waals surface area contributed by atoms with Crippen LogP contribution in [-0.2, 0) is 13.0 Å². The molecule has 158 valence electrons. The fourth-order valence-electron chi connectivity index (χ4n) is 4.13. The molecule has 0 spiro atoms. The van der Waals surface area contributed by atoms with E-state index in [-0.39, 0.29) is 5.91 Å². The second-order valence-electron chi connectivity index (χ2n) is 8.35. The van der Waals surface area contributed by atoms with Crippen LogP contribution in [0.1, 0.15) is 46.3 Å². The smallest absolute Gasteiger partial charge is 0.251 e. The van der Waals surface area contributed by atoms with E-state index in [9.17, 15) is 4.79 Å². The minimum absolute atomic E-state index is 0.0645. The molecular formula is C23H30N6O. The Hall–Kier alpha value is -2.77. The zero-order valence-electron chi connectivity index (χ0n) is 18.0. The largest absolute Gasteiger partial charge is 0.351 e. The third-order valence-electron chi connectivity index (χ3n) is 5.74. The molecule has 2 aromatic heterocycles. The third kappa shape index (κ3) is 4.52. The van der Waals surface area contributed by atoms with Crippen molar-refractivity contribution in [2.24, 2.45) is 0 Å². The molecule has 7 nitrogen and oxygen atoms in total. The highest BCUT2D eigenvalue weighted by atomic mass is 16.1. The molecule has 1 unspecified atom stereocenters. The van der Waals surface area contributed by atoms with Crippen LogP contribution < -0.4 is 5.32 Å². The first-order valence-electron chi connectivity index (χ1n) is 10.6. The van der Waals surface area contributed by atoms with Gasteiger partial charge in [-0.05, 0) is 70.2 Å². The number of hydrogen-bond acceptors (Lipinski definition) is 5. The predicted molar refractivity (Wildman–Crippen MR) is 118 cm³/mol. The quantitative estimate of drug-likeness (QED) is 0.631. The summed E-state index contributed by atoms with van der Waals surface area (Å²) in [7, 11) is 6.11. The number of fused-ring (bicyclic) bond motifs is 2. The van der Waals surface area contributed by atoms with Gasteiger partial charge >= 0.3 is 0 Å². The summed E-state index contributed by atoms with van der Waals surface area (Å²) in [4.78, 5) is 29.6. The Morgan fingerprint density at radius 3 is 2.97 bits per heavy atom. The lowest BCUT2D eigenvalue weighted by Crippen LogP contribution is -2.31. The van der Waals surface area contributed by atoms with E-state index in [4.69, 9.17) is 4.98 Å². The van der Waals surface area contributed by atoms with E-state index >= 15 is 0 Å². The number of H-pyrrole nitrogens is 1. The van der Waals surface area contributed by atoms with Gasteiger partial charge in [-0.25, -0.2) is 4.98 Å². The summed E-state index contributed by atoms with van der Waals surface area (Å²) < 4.78 is 0. The van der Waals surface area contributed by atoms with Crippen LogP contribution in [0.2, 0.25) is 0 Å². The van der Waals surface area contributed by atoms with Gasteiger partial charge in [-0.2, -0.15) is 0 Å². The molecule has 1 aromatic carbocycles. The summed E-state index contributed by atoms with van der Waals surface area (Å²) in [5, 5.41) is 2.95. The van der Waals surface area contributed by atoms with Crippen LogP contribution in [0.15, 0.2) is 36.5 Å². The average molecular weight is 407 g/mol. The Bertz CT molecular complexity index is 1030. The maximum atomic E-state index is 12.4. The molecule has 1 atom stereocenters. The van der Waals surface area contributed by atoms with E-state index in [2.05, 4.69) is 33.3 Å². The van der Waals surface area contributed by atoms with Gasteiger partial charge in [0, 0.05) is 24.8 Å². The van der Waals surface area contributed by atoms with Gasteiger partial charge in [0.15, 0.2) is 0 Å². The number of carbonyl (C=O) groups excluding carboxylic acids is 1. The number of aromatic nitrogens is 3. The van der Waals surface area contributed by atoms with Crippen LogP contribution in [-0.4, -0.2) is 64.9 Å². The van der Waals surface area contributed by atoms with E-state index in [1.165, 1.54) is 17.7 Å². The monoisotopic (exact) mass is 406 g/mol. The molecule has 3 aromatic rings. The van der Waals surface area contributed by atoms with Gasteiger partial charge in [0.1, 0.15) is 5.82 Å². The van der Waals surface area contributed by atoms with Crippen LogP contribution >= 0.6 is 0 Å². The molecule has 30 heavy (non-hydrogen) atoms. The Morgan fingerprint density at radius 2 is 2.13 bits per heavy atom. The summed E-state index contributed by atoms with van der Waals surface area (Å²) in [5.41, 5.74) is 4.96. The highest BCUT2D eigenvalue weighted by Gasteiger charge is 2.25. The fraction of sp³-hybridized carbons (Fsp3) is 0.435. The second kappa shape index (κ2) is 8.93. The van der Waals surface area contributed by atoms with E-state index in [0.29, 0.717) is 24.7 Å². The summed E-state index contributed by atoms with van der Waals surface area (Å²) in [6, 6.07) is 10.2. The maximum absolute atomic E-state index is 12.4. The first kappa shape index (κ1) is 20.5. The summed E-state index contributed by atoms with van der Waals surface area (Å²) >= 11 is 0. The first-order valence-corrected chi connectivity index (χ1v) is 10.6. The number of amides is 1. The number of nitrogens with one attached hydrogen (secondary N) is 2. The van der Waals surface area contributed by atoms with Crippen LogP contribution in [0.4, 0.5) is 0 Å². The van der Waals surface area contributed by atoms with E-state index < -0.39 is 0 Å². The second-order valence-corrected chi connectivity index (χ2v) is 8.35. The van der Waals surface area contributed by atoms with Crippen molar-refractivity contribution >= 4 is 16.9 Å². The van der Waals surface area contributed by atoms with Gasteiger partial charge in [-0.1, -0.05) is 6.07 Å². The third-order valence-corrected chi connectivity index (χ3v) is 5.74. The van der Waals surface area contributed by atoms with Gasteiger partial charge in [-0.15, -0.1) is 0 Å². The van der Waals surface area contributed by atoms with Crippen molar-refractivity contribution in [3.63, 3.8) is 0 Å². The van der Waals surface area contributed by atoms with Crippen LogP contribution in [0.3, 0.4) is 0 Å². The van der Waals surface area contributed by atoms with Crippen LogP contribution in [0, 0.1) is 0 Å². The zero-order valence-corrected chi connectivity index (χ0v) is 18.0. The maximum Gasteiger partial charge on any atom is 0.251 e. The summed E-state index contributed by atoms with van der Waals surface area (Å²) in [5.74, 6) is 0.839. The summed E-state index contributed by atoms with van der Waals surface area (Å²) in [6.07, 6.45) is 5.28. The van der Waals surface area contributed by atoms with Gasteiger partial charge in [-0.3, -0.25) is 14.7 Å². The highest BCUT2D eigenvalue weighted by Crippen LogP contribution is 2.32. The van der Waals surface area contributed by atoms with Crippen molar-refractivity contribution in [3.05, 3.63) is 59.2 Å². The number of hydrogen-bond donors (Lipinski definition) is 2. The lowest BCUT2D eigenvalue weighted by Gasteiger charge is -2.31.